The van der Waals surface area contributed by atoms with Gasteiger partial charge < -0.3 is 19.1 Å². The van der Waals surface area contributed by atoms with Crippen LogP contribution in [-0.4, -0.2) is 27.9 Å². The summed E-state index contributed by atoms with van der Waals surface area (Å²) in [6, 6.07) is 3.69. The van der Waals surface area contributed by atoms with Gasteiger partial charge in [0.1, 0.15) is 19.0 Å². The number of fused-ring (bicyclic) bond motifs is 1. The lowest BCUT2D eigenvalue weighted by Gasteiger charge is -2.21. The predicted octanol–water partition coefficient (Wildman–Crippen LogP) is 2.23. The van der Waals surface area contributed by atoms with Crippen LogP contribution in [0.1, 0.15) is 17.5 Å². The molecule has 1 aliphatic heterocycles. The minimum absolute atomic E-state index is 0.454. The molecule has 1 aromatic heterocycles. The first-order valence-electron chi connectivity index (χ1n) is 6.38. The Bertz CT molecular complexity index is 627. The molecular weight excluding hydrogens is 324 g/mol. The molecule has 0 saturated heterocycles. The molecule has 0 radical (unpaired) electrons. The van der Waals surface area contributed by atoms with Crippen LogP contribution in [0.2, 0.25) is 0 Å². The number of imidazole rings is 1. The lowest BCUT2D eigenvalue weighted by atomic mass is 10.1. The van der Waals surface area contributed by atoms with Gasteiger partial charge in [0.25, 0.3) is 0 Å². The molecule has 1 unspecified atom stereocenters. The number of aliphatic hydroxyl groups excluding tert-OH is 1. The fourth-order valence-electron chi connectivity index (χ4n) is 2.21. The molecule has 106 valence electrons. The smallest absolute Gasteiger partial charge is 0.175 e. The van der Waals surface area contributed by atoms with Crippen molar-refractivity contribution < 1.29 is 14.6 Å². The number of ether oxygens (including phenoxy) is 2. The largest absolute Gasteiger partial charge is 0.486 e. The van der Waals surface area contributed by atoms with Gasteiger partial charge in [0, 0.05) is 25.9 Å². The molecular formula is C14H15BrN2O3. The number of aliphatic hydroxyl groups is 1. The van der Waals surface area contributed by atoms with Crippen molar-refractivity contribution in [3.63, 3.8) is 0 Å². The number of hydrogen-bond acceptors (Lipinski definition) is 4. The molecule has 0 bridgehead atoms. The number of aromatic nitrogens is 2. The normalized spacial score (nSPS) is 15.2. The van der Waals surface area contributed by atoms with Crippen LogP contribution in [0.25, 0.3) is 0 Å². The Balaban J connectivity index is 1.86. The number of hydrogen-bond donors (Lipinski definition) is 1. The van der Waals surface area contributed by atoms with Crippen LogP contribution in [0, 0.1) is 0 Å². The van der Waals surface area contributed by atoms with Gasteiger partial charge in [0.05, 0.1) is 10.6 Å². The molecule has 20 heavy (non-hydrogen) atoms. The molecule has 2 aromatic rings. The third-order valence-electron chi connectivity index (χ3n) is 3.30. The first-order valence-corrected chi connectivity index (χ1v) is 7.18. The van der Waals surface area contributed by atoms with Crippen molar-refractivity contribution in [2.24, 2.45) is 7.05 Å². The van der Waals surface area contributed by atoms with Gasteiger partial charge in [-0.2, -0.15) is 0 Å². The quantitative estimate of drug-likeness (QED) is 0.932. The SMILES string of the molecule is Cn1ccnc1CC(O)c1cc(Br)c2c(c1)OCCO2. The van der Waals surface area contributed by atoms with E-state index >= 15 is 0 Å². The summed E-state index contributed by atoms with van der Waals surface area (Å²) in [7, 11) is 1.91. The Hall–Kier alpha value is -1.53. The molecule has 3 rings (SSSR count). The van der Waals surface area contributed by atoms with Crippen molar-refractivity contribution >= 4 is 15.9 Å². The lowest BCUT2D eigenvalue weighted by molar-refractivity contribution is 0.162. The summed E-state index contributed by atoms with van der Waals surface area (Å²) in [6.07, 6.45) is 3.40. The molecule has 0 aliphatic carbocycles. The summed E-state index contributed by atoms with van der Waals surface area (Å²) >= 11 is 3.46. The Morgan fingerprint density at radius 3 is 2.95 bits per heavy atom. The van der Waals surface area contributed by atoms with Crippen LogP contribution in [0.4, 0.5) is 0 Å². The number of nitrogens with zero attached hydrogens (tertiary/aromatic N) is 2. The number of benzene rings is 1. The third-order valence-corrected chi connectivity index (χ3v) is 3.89. The van der Waals surface area contributed by atoms with E-state index in [-0.39, 0.29) is 0 Å². The second-order valence-electron chi connectivity index (χ2n) is 4.70. The average molecular weight is 339 g/mol. The zero-order valence-electron chi connectivity index (χ0n) is 11.0. The van der Waals surface area contributed by atoms with E-state index in [9.17, 15) is 5.11 Å². The Kier molecular flexibility index (Phi) is 3.67. The highest BCUT2D eigenvalue weighted by molar-refractivity contribution is 9.10. The van der Waals surface area contributed by atoms with Gasteiger partial charge in [-0.3, -0.25) is 0 Å². The maximum Gasteiger partial charge on any atom is 0.175 e. The van der Waals surface area contributed by atoms with E-state index in [2.05, 4.69) is 20.9 Å². The Morgan fingerprint density at radius 1 is 1.40 bits per heavy atom. The van der Waals surface area contributed by atoms with E-state index in [0.29, 0.717) is 31.1 Å². The minimum Gasteiger partial charge on any atom is -0.486 e. The summed E-state index contributed by atoms with van der Waals surface area (Å²) in [5, 5.41) is 10.4. The highest BCUT2D eigenvalue weighted by atomic mass is 79.9. The van der Waals surface area contributed by atoms with Crippen LogP contribution in [0.15, 0.2) is 29.0 Å². The number of rotatable bonds is 3. The van der Waals surface area contributed by atoms with Crippen molar-refractivity contribution in [2.75, 3.05) is 13.2 Å². The Morgan fingerprint density at radius 2 is 2.20 bits per heavy atom. The molecule has 0 saturated carbocycles. The van der Waals surface area contributed by atoms with Gasteiger partial charge in [0.2, 0.25) is 0 Å². The summed E-state index contributed by atoms with van der Waals surface area (Å²) in [6.45, 7) is 1.07. The van der Waals surface area contributed by atoms with Crippen LogP contribution >= 0.6 is 15.9 Å². The van der Waals surface area contributed by atoms with E-state index in [1.165, 1.54) is 0 Å². The summed E-state index contributed by atoms with van der Waals surface area (Å²) < 4.78 is 13.8. The van der Waals surface area contributed by atoms with Gasteiger partial charge in [-0.05, 0) is 33.6 Å². The second kappa shape index (κ2) is 5.46. The highest BCUT2D eigenvalue weighted by Crippen LogP contribution is 2.40. The topological polar surface area (TPSA) is 56.5 Å². The number of halogens is 1. The fraction of sp³-hybridized carbons (Fsp3) is 0.357. The molecule has 2 heterocycles. The summed E-state index contributed by atoms with van der Waals surface area (Å²) in [5.74, 6) is 2.20. The second-order valence-corrected chi connectivity index (χ2v) is 5.56. The molecule has 1 aliphatic rings. The minimum atomic E-state index is -0.636. The first-order chi connectivity index (χ1) is 9.65. The molecule has 5 nitrogen and oxygen atoms in total. The van der Waals surface area contributed by atoms with Crippen molar-refractivity contribution in [1.29, 1.82) is 0 Å². The monoisotopic (exact) mass is 338 g/mol. The lowest BCUT2D eigenvalue weighted by Crippen LogP contribution is -2.16. The van der Waals surface area contributed by atoms with Gasteiger partial charge >= 0.3 is 0 Å². The van der Waals surface area contributed by atoms with E-state index in [1.54, 1.807) is 6.20 Å². The molecule has 0 fully saturated rings. The van der Waals surface area contributed by atoms with E-state index < -0.39 is 6.10 Å². The van der Waals surface area contributed by atoms with Crippen LogP contribution in [-0.2, 0) is 13.5 Å². The van der Waals surface area contributed by atoms with Crippen molar-refractivity contribution in [3.8, 4) is 11.5 Å². The maximum absolute atomic E-state index is 10.4. The van der Waals surface area contributed by atoms with Crippen LogP contribution < -0.4 is 9.47 Å². The van der Waals surface area contributed by atoms with Crippen molar-refractivity contribution in [2.45, 2.75) is 12.5 Å². The Labute approximate surface area is 125 Å². The summed E-state index contributed by atoms with van der Waals surface area (Å²) in [4.78, 5) is 4.23. The van der Waals surface area contributed by atoms with Gasteiger partial charge in [0.15, 0.2) is 11.5 Å². The van der Waals surface area contributed by atoms with E-state index in [0.717, 1.165) is 15.9 Å². The zero-order valence-corrected chi connectivity index (χ0v) is 12.6. The average Bonchev–Trinajstić information content (AvgIpc) is 2.84. The predicted molar refractivity (Wildman–Crippen MR) is 77.0 cm³/mol. The van der Waals surface area contributed by atoms with Crippen molar-refractivity contribution in [1.82, 2.24) is 9.55 Å². The molecule has 1 aromatic carbocycles. The fourth-order valence-corrected chi connectivity index (χ4v) is 2.78. The zero-order chi connectivity index (χ0) is 14.1. The number of aryl methyl sites for hydroxylation is 1. The standard InChI is InChI=1S/C14H15BrN2O3/c1-17-3-2-16-13(17)8-11(18)9-6-10(15)14-12(7-9)19-4-5-20-14/h2-3,6-7,11,18H,4-5,8H2,1H3. The van der Waals surface area contributed by atoms with Crippen LogP contribution in [0.3, 0.4) is 0 Å². The molecule has 6 heteroatoms. The molecule has 1 N–H and O–H groups in total. The summed E-state index contributed by atoms with van der Waals surface area (Å²) in [5.41, 5.74) is 0.782. The third kappa shape index (κ3) is 2.53. The van der Waals surface area contributed by atoms with Crippen LogP contribution in [0.5, 0.6) is 11.5 Å². The van der Waals surface area contributed by atoms with Gasteiger partial charge in [-0.25, -0.2) is 4.98 Å². The van der Waals surface area contributed by atoms with Crippen molar-refractivity contribution in [3.05, 3.63) is 40.4 Å². The molecule has 0 amide bonds. The maximum atomic E-state index is 10.4. The highest BCUT2D eigenvalue weighted by Gasteiger charge is 2.20. The molecule has 0 spiro atoms. The van der Waals surface area contributed by atoms with E-state index in [4.69, 9.17) is 9.47 Å². The first kappa shape index (κ1) is 13.5. The van der Waals surface area contributed by atoms with E-state index in [1.807, 2.05) is 29.9 Å². The molecule has 1 atom stereocenters. The van der Waals surface area contributed by atoms with Gasteiger partial charge in [-0.15, -0.1) is 0 Å². The van der Waals surface area contributed by atoms with Gasteiger partial charge in [-0.1, -0.05) is 0 Å².